The van der Waals surface area contributed by atoms with Crippen LogP contribution in [0.15, 0.2) is 18.2 Å². The second kappa shape index (κ2) is 5.09. The van der Waals surface area contributed by atoms with Crippen LogP contribution in [-0.2, 0) is 0 Å². The van der Waals surface area contributed by atoms with Crippen LogP contribution in [-0.4, -0.2) is 41.7 Å². The molecule has 0 unspecified atom stereocenters. The lowest BCUT2D eigenvalue weighted by atomic mass is 9.88. The first-order chi connectivity index (χ1) is 8.99. The highest BCUT2D eigenvalue weighted by Crippen LogP contribution is 2.30. The Morgan fingerprint density at radius 3 is 2.79 bits per heavy atom. The van der Waals surface area contributed by atoms with Gasteiger partial charge in [-0.25, -0.2) is 0 Å². The van der Waals surface area contributed by atoms with E-state index in [0.29, 0.717) is 36.5 Å². The number of rotatable bonds is 4. The van der Waals surface area contributed by atoms with E-state index < -0.39 is 5.60 Å². The lowest BCUT2D eigenvalue weighted by Crippen LogP contribution is -2.63. The molecule has 1 aliphatic rings. The molecule has 1 saturated heterocycles. The van der Waals surface area contributed by atoms with Crippen LogP contribution in [0.2, 0.25) is 0 Å². The fourth-order valence-electron chi connectivity index (χ4n) is 2.49. The number of benzene rings is 1. The number of carbonyl (C=O) groups excluding carboxylic acids is 1. The molecule has 104 valence electrons. The van der Waals surface area contributed by atoms with Crippen molar-refractivity contribution < 1.29 is 14.6 Å². The molecule has 2 rings (SSSR count). The van der Waals surface area contributed by atoms with E-state index >= 15 is 0 Å². The Morgan fingerprint density at radius 2 is 2.21 bits per heavy atom. The fourth-order valence-corrected chi connectivity index (χ4v) is 2.49. The molecule has 1 heterocycles. The van der Waals surface area contributed by atoms with E-state index in [9.17, 15) is 9.90 Å². The molecule has 0 radical (unpaired) electrons. The number of aliphatic hydroxyl groups is 1. The summed E-state index contributed by atoms with van der Waals surface area (Å²) in [5.74, 6) is 0.357. The number of nitrogens with zero attached hydrogens (tertiary/aromatic N) is 1. The molecule has 0 spiro atoms. The highest BCUT2D eigenvalue weighted by Gasteiger charge is 2.43. The minimum Gasteiger partial charge on any atom is -0.496 e. The molecule has 5 nitrogen and oxygen atoms in total. The third-order valence-electron chi connectivity index (χ3n) is 3.43. The van der Waals surface area contributed by atoms with Gasteiger partial charge in [-0.2, -0.15) is 0 Å². The number of hydrogen-bond donors (Lipinski definition) is 2. The highest BCUT2D eigenvalue weighted by atomic mass is 16.5. The molecule has 19 heavy (non-hydrogen) atoms. The van der Waals surface area contributed by atoms with Gasteiger partial charge in [0.05, 0.1) is 31.4 Å². The number of carbonyl (C=O) groups is 1. The van der Waals surface area contributed by atoms with E-state index in [1.165, 1.54) is 7.11 Å². The second-order valence-corrected chi connectivity index (χ2v) is 5.10. The maximum absolute atomic E-state index is 12.3. The second-order valence-electron chi connectivity index (χ2n) is 5.10. The van der Waals surface area contributed by atoms with E-state index in [4.69, 9.17) is 10.5 Å². The molecule has 3 N–H and O–H groups in total. The summed E-state index contributed by atoms with van der Waals surface area (Å²) in [6, 6.07) is 4.98. The topological polar surface area (TPSA) is 75.8 Å². The van der Waals surface area contributed by atoms with Crippen molar-refractivity contribution in [2.24, 2.45) is 0 Å². The van der Waals surface area contributed by atoms with Crippen molar-refractivity contribution in [3.05, 3.63) is 23.8 Å². The average Bonchev–Trinajstić information content (AvgIpc) is 2.35. The van der Waals surface area contributed by atoms with Crippen molar-refractivity contribution in [3.8, 4) is 5.75 Å². The van der Waals surface area contributed by atoms with Gasteiger partial charge in [0.25, 0.3) is 5.91 Å². The number of β-amino-alcohol motifs (C(OH)–C–C–N with tert-alkyl or cyclic N) is 1. The number of methoxy groups -OCH3 is 1. The number of hydrogen-bond acceptors (Lipinski definition) is 4. The SMILES string of the molecule is CCCC1(O)CN(C(=O)c2cc(N)ccc2OC)C1. The number of nitrogen functional groups attached to an aromatic ring is 1. The molecule has 5 heteroatoms. The summed E-state index contributed by atoms with van der Waals surface area (Å²) in [6.07, 6.45) is 1.62. The molecule has 1 amide bonds. The van der Waals surface area contributed by atoms with Crippen LogP contribution in [0.1, 0.15) is 30.1 Å². The van der Waals surface area contributed by atoms with E-state index in [2.05, 4.69) is 0 Å². The third-order valence-corrected chi connectivity index (χ3v) is 3.43. The quantitative estimate of drug-likeness (QED) is 0.803. The van der Waals surface area contributed by atoms with Crippen molar-refractivity contribution in [3.63, 3.8) is 0 Å². The van der Waals surface area contributed by atoms with E-state index in [-0.39, 0.29) is 5.91 Å². The predicted molar refractivity (Wildman–Crippen MR) is 73.2 cm³/mol. The van der Waals surface area contributed by atoms with Gasteiger partial charge in [0, 0.05) is 5.69 Å². The number of amides is 1. The molecule has 0 atom stereocenters. The minimum atomic E-state index is -0.724. The molecule has 0 aromatic heterocycles. The number of ether oxygens (including phenoxy) is 1. The molecule has 1 aliphatic heterocycles. The summed E-state index contributed by atoms with van der Waals surface area (Å²) in [4.78, 5) is 13.9. The van der Waals surface area contributed by atoms with Crippen molar-refractivity contribution in [1.29, 1.82) is 0 Å². The molecule has 0 saturated carbocycles. The summed E-state index contributed by atoms with van der Waals surface area (Å²) in [6.45, 7) is 2.76. The summed E-state index contributed by atoms with van der Waals surface area (Å²) in [5.41, 5.74) is 5.95. The van der Waals surface area contributed by atoms with E-state index in [1.54, 1.807) is 23.1 Å². The number of nitrogens with two attached hydrogens (primary N) is 1. The van der Waals surface area contributed by atoms with Crippen LogP contribution < -0.4 is 10.5 Å². The molecule has 0 bridgehead atoms. The van der Waals surface area contributed by atoms with Crippen molar-refractivity contribution in [1.82, 2.24) is 4.90 Å². The Balaban J connectivity index is 2.12. The van der Waals surface area contributed by atoms with Crippen LogP contribution in [0.3, 0.4) is 0 Å². The zero-order valence-corrected chi connectivity index (χ0v) is 11.3. The van der Waals surface area contributed by atoms with Crippen LogP contribution in [0.25, 0.3) is 0 Å². The van der Waals surface area contributed by atoms with Crippen LogP contribution in [0.4, 0.5) is 5.69 Å². The molecule has 1 fully saturated rings. The average molecular weight is 264 g/mol. The fraction of sp³-hybridized carbons (Fsp3) is 0.500. The highest BCUT2D eigenvalue weighted by molar-refractivity contribution is 5.98. The van der Waals surface area contributed by atoms with Crippen LogP contribution in [0, 0.1) is 0 Å². The smallest absolute Gasteiger partial charge is 0.257 e. The van der Waals surface area contributed by atoms with Gasteiger partial charge in [-0.3, -0.25) is 4.79 Å². The van der Waals surface area contributed by atoms with Gasteiger partial charge >= 0.3 is 0 Å². The zero-order valence-electron chi connectivity index (χ0n) is 11.3. The Hall–Kier alpha value is -1.75. The number of likely N-dealkylation sites (tertiary alicyclic amines) is 1. The van der Waals surface area contributed by atoms with Gasteiger partial charge < -0.3 is 20.5 Å². The van der Waals surface area contributed by atoms with Crippen molar-refractivity contribution >= 4 is 11.6 Å². The Morgan fingerprint density at radius 1 is 1.53 bits per heavy atom. The van der Waals surface area contributed by atoms with Gasteiger partial charge in [-0.1, -0.05) is 13.3 Å². The lowest BCUT2D eigenvalue weighted by molar-refractivity contribution is -0.0860. The monoisotopic (exact) mass is 264 g/mol. The first kappa shape index (κ1) is 13.7. The lowest BCUT2D eigenvalue weighted by Gasteiger charge is -2.46. The normalized spacial score (nSPS) is 16.9. The number of anilines is 1. The maximum atomic E-state index is 12.3. The molecule has 0 aliphatic carbocycles. The van der Waals surface area contributed by atoms with Crippen molar-refractivity contribution in [2.45, 2.75) is 25.4 Å². The van der Waals surface area contributed by atoms with Gasteiger partial charge in [0.2, 0.25) is 0 Å². The molecular formula is C14H20N2O3. The van der Waals surface area contributed by atoms with Gasteiger partial charge in [-0.05, 0) is 24.6 Å². The molecular weight excluding hydrogens is 244 g/mol. The standard InChI is InChI=1S/C14H20N2O3/c1-3-6-14(18)8-16(9-14)13(17)11-7-10(15)4-5-12(11)19-2/h4-5,7,18H,3,6,8-9,15H2,1-2H3. The van der Waals surface area contributed by atoms with Crippen LogP contribution in [0.5, 0.6) is 5.75 Å². The third kappa shape index (κ3) is 2.66. The summed E-state index contributed by atoms with van der Waals surface area (Å²) in [7, 11) is 1.52. The summed E-state index contributed by atoms with van der Waals surface area (Å²) < 4.78 is 5.17. The predicted octanol–water partition coefficient (Wildman–Crippen LogP) is 1.26. The maximum Gasteiger partial charge on any atom is 0.257 e. The van der Waals surface area contributed by atoms with Gasteiger partial charge in [-0.15, -0.1) is 0 Å². The summed E-state index contributed by atoms with van der Waals surface area (Å²) in [5, 5.41) is 10.1. The minimum absolute atomic E-state index is 0.148. The largest absolute Gasteiger partial charge is 0.496 e. The zero-order chi connectivity index (χ0) is 14.0. The first-order valence-corrected chi connectivity index (χ1v) is 6.44. The van der Waals surface area contributed by atoms with E-state index in [0.717, 1.165) is 6.42 Å². The van der Waals surface area contributed by atoms with Crippen molar-refractivity contribution in [2.75, 3.05) is 25.9 Å². The van der Waals surface area contributed by atoms with Crippen LogP contribution >= 0.6 is 0 Å². The Bertz CT molecular complexity index is 482. The van der Waals surface area contributed by atoms with Gasteiger partial charge in [0.1, 0.15) is 5.75 Å². The Kier molecular flexibility index (Phi) is 3.66. The molecule has 1 aromatic carbocycles. The van der Waals surface area contributed by atoms with E-state index in [1.807, 2.05) is 6.92 Å². The Labute approximate surface area is 113 Å². The first-order valence-electron chi connectivity index (χ1n) is 6.44. The summed E-state index contributed by atoms with van der Waals surface area (Å²) >= 11 is 0. The molecule has 1 aromatic rings. The van der Waals surface area contributed by atoms with Gasteiger partial charge in [0.15, 0.2) is 0 Å².